The summed E-state index contributed by atoms with van der Waals surface area (Å²) in [6, 6.07) is 2.96. The van der Waals surface area contributed by atoms with Crippen molar-refractivity contribution in [3.8, 4) is 11.5 Å². The third-order valence-electron chi connectivity index (χ3n) is 5.43. The Bertz CT molecular complexity index is 991. The van der Waals surface area contributed by atoms with Crippen LogP contribution in [0, 0.1) is 11.6 Å². The van der Waals surface area contributed by atoms with Crippen LogP contribution in [0.3, 0.4) is 0 Å². The zero-order chi connectivity index (χ0) is 19.3. The molecule has 0 bridgehead atoms. The van der Waals surface area contributed by atoms with Gasteiger partial charge in [0.15, 0.2) is 5.82 Å². The van der Waals surface area contributed by atoms with Crippen molar-refractivity contribution in [2.24, 2.45) is 5.73 Å². The maximum Gasteiger partial charge on any atom is 0.197 e. The van der Waals surface area contributed by atoms with Crippen LogP contribution < -0.4 is 5.73 Å². The normalized spacial score (nSPS) is 25.2. The van der Waals surface area contributed by atoms with Crippen molar-refractivity contribution in [2.75, 3.05) is 6.61 Å². The van der Waals surface area contributed by atoms with E-state index in [0.29, 0.717) is 31.9 Å². The van der Waals surface area contributed by atoms with E-state index in [1.807, 2.05) is 0 Å². The highest BCUT2D eigenvalue weighted by atomic mass is 19.1. The monoisotopic (exact) mass is 388 g/mol. The van der Waals surface area contributed by atoms with Gasteiger partial charge in [-0.3, -0.25) is 10.00 Å². The molecule has 5 rings (SSSR count). The molecule has 0 amide bonds. The molecule has 0 unspecified atom stereocenters. The van der Waals surface area contributed by atoms with Crippen LogP contribution in [0.4, 0.5) is 8.78 Å². The Morgan fingerprint density at radius 1 is 1.21 bits per heavy atom. The van der Waals surface area contributed by atoms with E-state index in [0.717, 1.165) is 35.2 Å². The third-order valence-corrected chi connectivity index (χ3v) is 5.43. The molecular formula is C17H18F2N8O. The van der Waals surface area contributed by atoms with E-state index >= 15 is 0 Å². The number of nitrogens with one attached hydrogen (secondary N) is 2. The summed E-state index contributed by atoms with van der Waals surface area (Å²) in [7, 11) is 0. The fourth-order valence-electron chi connectivity index (χ4n) is 4.03. The first-order valence-electron chi connectivity index (χ1n) is 8.96. The lowest BCUT2D eigenvalue weighted by molar-refractivity contribution is -0.0532. The van der Waals surface area contributed by atoms with Crippen LogP contribution in [0.2, 0.25) is 0 Å². The maximum absolute atomic E-state index is 14.1. The number of H-pyrrole nitrogens is 2. The number of nitrogens with two attached hydrogens (primary N) is 1. The third kappa shape index (κ3) is 2.87. The van der Waals surface area contributed by atoms with Crippen molar-refractivity contribution in [3.05, 3.63) is 46.7 Å². The SMILES string of the molecule is N[C@H]1C[C@@H](N2Cc3n[nH]c(-c4nnn[nH]4)c3C2)CO[C@@H]1c1cc(F)ccc1F. The highest BCUT2D eigenvalue weighted by molar-refractivity contribution is 5.56. The minimum Gasteiger partial charge on any atom is -0.370 e. The fourth-order valence-corrected chi connectivity index (χ4v) is 4.03. The minimum atomic E-state index is -0.664. The molecule has 3 atom stereocenters. The minimum absolute atomic E-state index is 0.0535. The van der Waals surface area contributed by atoms with E-state index in [4.69, 9.17) is 10.5 Å². The fraction of sp³-hybridized carbons (Fsp3) is 0.412. The Balaban J connectivity index is 1.30. The molecular weight excluding hydrogens is 370 g/mol. The molecule has 4 heterocycles. The summed E-state index contributed by atoms with van der Waals surface area (Å²) in [6.07, 6.45) is -0.0588. The van der Waals surface area contributed by atoms with E-state index in [-0.39, 0.29) is 11.6 Å². The van der Waals surface area contributed by atoms with Gasteiger partial charge in [0, 0.05) is 36.3 Å². The largest absolute Gasteiger partial charge is 0.370 e. The zero-order valence-corrected chi connectivity index (χ0v) is 14.8. The lowest BCUT2D eigenvalue weighted by Gasteiger charge is -2.38. The molecule has 2 aliphatic rings. The first kappa shape index (κ1) is 17.3. The van der Waals surface area contributed by atoms with Gasteiger partial charge in [0.25, 0.3) is 0 Å². The van der Waals surface area contributed by atoms with Crippen LogP contribution in [-0.2, 0) is 17.8 Å². The van der Waals surface area contributed by atoms with Crippen molar-refractivity contribution < 1.29 is 13.5 Å². The van der Waals surface area contributed by atoms with Crippen molar-refractivity contribution in [3.63, 3.8) is 0 Å². The quantitative estimate of drug-likeness (QED) is 0.613. The Hall–Kier alpha value is -2.76. The Kier molecular flexibility index (Phi) is 4.14. The van der Waals surface area contributed by atoms with Gasteiger partial charge in [-0.2, -0.15) is 5.10 Å². The molecule has 28 heavy (non-hydrogen) atoms. The highest BCUT2D eigenvalue weighted by Crippen LogP contribution is 2.35. The number of benzene rings is 1. The maximum atomic E-state index is 14.1. The lowest BCUT2D eigenvalue weighted by Crippen LogP contribution is -2.47. The predicted octanol–water partition coefficient (Wildman–Crippen LogP) is 1.04. The van der Waals surface area contributed by atoms with Crippen LogP contribution in [0.1, 0.15) is 29.3 Å². The Morgan fingerprint density at radius 3 is 2.89 bits per heavy atom. The summed E-state index contributed by atoms with van der Waals surface area (Å²) in [5.74, 6) is -0.477. The van der Waals surface area contributed by atoms with E-state index in [2.05, 4.69) is 35.7 Å². The smallest absolute Gasteiger partial charge is 0.197 e. The van der Waals surface area contributed by atoms with Crippen LogP contribution in [0.15, 0.2) is 18.2 Å². The van der Waals surface area contributed by atoms with Crippen LogP contribution >= 0.6 is 0 Å². The number of hydrogen-bond donors (Lipinski definition) is 3. The molecule has 4 N–H and O–H groups in total. The number of ether oxygens (including phenoxy) is 1. The van der Waals surface area contributed by atoms with Gasteiger partial charge < -0.3 is 10.5 Å². The lowest BCUT2D eigenvalue weighted by atomic mass is 9.93. The van der Waals surface area contributed by atoms with E-state index in [1.165, 1.54) is 0 Å². The first-order chi connectivity index (χ1) is 13.6. The second-order valence-corrected chi connectivity index (χ2v) is 7.15. The molecule has 1 fully saturated rings. The number of rotatable bonds is 3. The van der Waals surface area contributed by atoms with Crippen molar-refractivity contribution >= 4 is 0 Å². The molecule has 0 radical (unpaired) electrons. The molecule has 0 aliphatic carbocycles. The second-order valence-electron chi connectivity index (χ2n) is 7.15. The van der Waals surface area contributed by atoms with E-state index in [9.17, 15) is 8.78 Å². The Morgan fingerprint density at radius 2 is 2.11 bits per heavy atom. The van der Waals surface area contributed by atoms with Gasteiger partial charge in [0.2, 0.25) is 0 Å². The van der Waals surface area contributed by atoms with Crippen LogP contribution in [-0.4, -0.2) is 54.4 Å². The summed E-state index contributed by atoms with van der Waals surface area (Å²) >= 11 is 0. The summed E-state index contributed by atoms with van der Waals surface area (Å²) in [5.41, 5.74) is 9.18. The molecule has 146 valence electrons. The van der Waals surface area contributed by atoms with Crippen molar-refractivity contribution in [2.45, 2.75) is 37.7 Å². The molecule has 2 aromatic heterocycles. The number of hydrogen-bond acceptors (Lipinski definition) is 7. The molecule has 2 aliphatic heterocycles. The zero-order valence-electron chi connectivity index (χ0n) is 14.8. The molecule has 3 aromatic rings. The first-order valence-corrected chi connectivity index (χ1v) is 8.96. The molecule has 0 saturated carbocycles. The van der Waals surface area contributed by atoms with Gasteiger partial charge in [0.1, 0.15) is 23.4 Å². The van der Waals surface area contributed by atoms with Gasteiger partial charge in [-0.1, -0.05) is 0 Å². The summed E-state index contributed by atoms with van der Waals surface area (Å²) < 4.78 is 33.5. The number of nitrogens with zero attached hydrogens (tertiary/aromatic N) is 5. The van der Waals surface area contributed by atoms with Gasteiger partial charge in [-0.25, -0.2) is 13.9 Å². The van der Waals surface area contributed by atoms with E-state index < -0.39 is 23.8 Å². The summed E-state index contributed by atoms with van der Waals surface area (Å²) in [4.78, 5) is 2.22. The standard InChI is InChI=1S/C17H18F2N8O/c18-8-1-2-12(19)10(3-8)16-13(20)4-9(7-28-16)27-5-11-14(6-27)21-22-15(11)17-23-25-26-24-17/h1-3,9,13,16H,4-7,20H2,(H,21,22)(H,23,24,25,26)/t9-,13+,16-/m1/s1. The molecule has 1 aromatic carbocycles. The molecule has 1 saturated heterocycles. The van der Waals surface area contributed by atoms with Crippen LogP contribution in [0.5, 0.6) is 0 Å². The average Bonchev–Trinajstić information content (AvgIpc) is 3.40. The number of fused-ring (bicyclic) bond motifs is 1. The molecule has 11 heteroatoms. The van der Waals surface area contributed by atoms with Gasteiger partial charge in [-0.15, -0.1) is 5.10 Å². The number of aromatic amines is 2. The van der Waals surface area contributed by atoms with Gasteiger partial charge in [0.05, 0.1) is 12.3 Å². The average molecular weight is 388 g/mol. The molecule has 0 spiro atoms. The number of tetrazole rings is 1. The Labute approximate surface area is 158 Å². The predicted molar refractivity (Wildman–Crippen MR) is 92.4 cm³/mol. The summed E-state index contributed by atoms with van der Waals surface area (Å²) in [6.45, 7) is 1.68. The second kappa shape index (κ2) is 6.69. The number of aromatic nitrogens is 6. The highest BCUT2D eigenvalue weighted by Gasteiger charge is 2.38. The number of halogens is 2. The van der Waals surface area contributed by atoms with Crippen molar-refractivity contribution in [1.82, 2.24) is 35.7 Å². The van der Waals surface area contributed by atoms with Gasteiger partial charge in [-0.05, 0) is 35.0 Å². The van der Waals surface area contributed by atoms with Gasteiger partial charge >= 0.3 is 0 Å². The van der Waals surface area contributed by atoms with Crippen LogP contribution in [0.25, 0.3) is 11.5 Å². The van der Waals surface area contributed by atoms with Crippen molar-refractivity contribution in [1.29, 1.82) is 0 Å². The topological polar surface area (TPSA) is 122 Å². The van der Waals surface area contributed by atoms with E-state index in [1.54, 1.807) is 0 Å². The summed E-state index contributed by atoms with van der Waals surface area (Å²) in [5, 5.41) is 21.2. The molecule has 9 nitrogen and oxygen atoms in total.